The maximum absolute atomic E-state index is 14.5. The van der Waals surface area contributed by atoms with Gasteiger partial charge in [-0.15, -0.1) is 11.6 Å². The minimum atomic E-state index is -3.28. The van der Waals surface area contributed by atoms with Crippen molar-refractivity contribution in [3.63, 3.8) is 0 Å². The number of hydrogen-bond acceptors (Lipinski definition) is 5. The standard InChI is InChI=1S/C25H24ClF2NO3S/c1-15(25(27,28)33-16(2)26)21-22(24(21,3)4)23(30)32-20(14-29)17-9-8-12-19(13-17)31-18-10-6-5-7-11-18/h5-13,16,20-22H,1H2,2-4H3. The summed E-state index contributed by atoms with van der Waals surface area (Å²) in [5, 5.41) is 6.34. The molecule has 1 fully saturated rings. The van der Waals surface area contributed by atoms with Crippen LogP contribution in [0.3, 0.4) is 0 Å². The number of hydrogen-bond donors (Lipinski definition) is 0. The van der Waals surface area contributed by atoms with Gasteiger partial charge in [-0.25, -0.2) is 0 Å². The Morgan fingerprint density at radius 2 is 1.82 bits per heavy atom. The average Bonchev–Trinajstić information content (AvgIpc) is 3.33. The fraction of sp³-hybridized carbons (Fsp3) is 0.360. The molecule has 0 N–H and O–H groups in total. The largest absolute Gasteiger partial charge is 0.457 e. The van der Waals surface area contributed by atoms with E-state index in [0.717, 1.165) is 0 Å². The van der Waals surface area contributed by atoms with Crippen LogP contribution in [0.4, 0.5) is 8.78 Å². The number of esters is 1. The zero-order valence-electron chi connectivity index (χ0n) is 18.4. The van der Waals surface area contributed by atoms with Crippen LogP contribution < -0.4 is 4.74 Å². The highest BCUT2D eigenvalue weighted by atomic mass is 35.5. The van der Waals surface area contributed by atoms with Crippen LogP contribution in [0.25, 0.3) is 0 Å². The molecule has 4 unspecified atom stereocenters. The van der Waals surface area contributed by atoms with E-state index in [2.05, 4.69) is 6.58 Å². The molecule has 3 rings (SSSR count). The Bertz CT molecular complexity index is 1070. The lowest BCUT2D eigenvalue weighted by Crippen LogP contribution is -2.20. The number of halogens is 3. The summed E-state index contributed by atoms with van der Waals surface area (Å²) in [6.07, 6.45) is -1.21. The zero-order valence-corrected chi connectivity index (χ0v) is 20.0. The van der Waals surface area contributed by atoms with Gasteiger partial charge in [0.15, 0.2) is 0 Å². The molecule has 1 aliphatic rings. The summed E-state index contributed by atoms with van der Waals surface area (Å²) in [5.41, 5.74) is -0.713. The SMILES string of the molecule is C=C(C1C(C(=O)OC(C#N)c2cccc(Oc3ccccc3)c2)C1(C)C)C(F)(F)SC(C)Cl. The highest BCUT2D eigenvalue weighted by Gasteiger charge is 2.67. The predicted molar refractivity (Wildman–Crippen MR) is 125 cm³/mol. The third-order valence-corrected chi connectivity index (χ3v) is 6.78. The van der Waals surface area contributed by atoms with Crippen molar-refractivity contribution in [3.05, 3.63) is 72.3 Å². The Balaban J connectivity index is 1.72. The van der Waals surface area contributed by atoms with E-state index in [9.17, 15) is 18.8 Å². The molecule has 0 spiro atoms. The monoisotopic (exact) mass is 491 g/mol. The van der Waals surface area contributed by atoms with Gasteiger partial charge in [0.05, 0.1) is 10.6 Å². The van der Waals surface area contributed by atoms with Crippen molar-refractivity contribution in [2.24, 2.45) is 17.3 Å². The smallest absolute Gasteiger partial charge is 0.316 e. The average molecular weight is 492 g/mol. The highest BCUT2D eigenvalue weighted by Crippen LogP contribution is 2.65. The van der Waals surface area contributed by atoms with E-state index in [4.69, 9.17) is 21.1 Å². The molecule has 0 aromatic heterocycles. The van der Waals surface area contributed by atoms with Crippen LogP contribution in [0, 0.1) is 28.6 Å². The van der Waals surface area contributed by atoms with Crippen molar-refractivity contribution in [1.82, 2.24) is 0 Å². The number of thioether (sulfide) groups is 1. The summed E-state index contributed by atoms with van der Waals surface area (Å²) in [6, 6.07) is 17.7. The van der Waals surface area contributed by atoms with Crippen LogP contribution in [-0.2, 0) is 9.53 Å². The highest BCUT2D eigenvalue weighted by molar-refractivity contribution is 8.02. The van der Waals surface area contributed by atoms with Gasteiger partial charge in [0, 0.05) is 17.1 Å². The van der Waals surface area contributed by atoms with Crippen LogP contribution in [0.5, 0.6) is 11.5 Å². The van der Waals surface area contributed by atoms with Crippen LogP contribution >= 0.6 is 23.4 Å². The molecule has 2 aromatic carbocycles. The molecule has 1 aliphatic carbocycles. The Hall–Kier alpha value is -2.56. The summed E-state index contributed by atoms with van der Waals surface area (Å²) in [5.74, 6) is -1.24. The molecule has 0 radical (unpaired) electrons. The molecule has 0 bridgehead atoms. The molecule has 4 nitrogen and oxygen atoms in total. The maximum Gasteiger partial charge on any atom is 0.316 e. The van der Waals surface area contributed by atoms with Gasteiger partial charge in [-0.3, -0.25) is 4.79 Å². The summed E-state index contributed by atoms with van der Waals surface area (Å²) >= 11 is 6.00. The summed E-state index contributed by atoms with van der Waals surface area (Å²) < 4.78 is 39.4. The first-order chi connectivity index (χ1) is 15.5. The van der Waals surface area contributed by atoms with Crippen LogP contribution in [0.1, 0.15) is 32.4 Å². The molecule has 174 valence electrons. The first kappa shape index (κ1) is 25.1. The summed E-state index contributed by atoms with van der Waals surface area (Å²) in [4.78, 5) is 12.9. The Labute approximate surface area is 201 Å². The number of rotatable bonds is 9. The number of alkyl halides is 3. The van der Waals surface area contributed by atoms with Gasteiger partial charge in [-0.05, 0) is 36.6 Å². The van der Waals surface area contributed by atoms with Crippen molar-refractivity contribution in [1.29, 1.82) is 5.26 Å². The molecule has 8 heteroatoms. The maximum atomic E-state index is 14.5. The van der Waals surface area contributed by atoms with E-state index in [1.165, 1.54) is 6.92 Å². The van der Waals surface area contributed by atoms with Gasteiger partial charge in [0.1, 0.15) is 17.6 Å². The second kappa shape index (κ2) is 9.74. The molecule has 33 heavy (non-hydrogen) atoms. The topological polar surface area (TPSA) is 59.3 Å². The lowest BCUT2D eigenvalue weighted by atomic mass is 10.0. The summed E-state index contributed by atoms with van der Waals surface area (Å²) in [7, 11) is 0. The van der Waals surface area contributed by atoms with Crippen LogP contribution in [-0.4, -0.2) is 15.9 Å². The first-order valence-corrected chi connectivity index (χ1v) is 11.6. The van der Waals surface area contributed by atoms with Gasteiger partial charge in [-0.1, -0.05) is 62.5 Å². The molecular weight excluding hydrogens is 468 g/mol. The van der Waals surface area contributed by atoms with E-state index < -0.39 is 39.3 Å². The summed E-state index contributed by atoms with van der Waals surface area (Å²) in [6.45, 7) is 8.42. The second-order valence-corrected chi connectivity index (χ2v) is 10.8. The number of benzene rings is 2. The zero-order chi connectivity index (χ0) is 24.4. The van der Waals surface area contributed by atoms with Gasteiger partial charge < -0.3 is 9.47 Å². The van der Waals surface area contributed by atoms with Crippen molar-refractivity contribution >= 4 is 29.3 Å². The second-order valence-electron chi connectivity index (χ2n) is 8.41. The fourth-order valence-corrected chi connectivity index (χ4v) is 4.93. The number of carbonyl (C=O) groups excluding carboxylic acids is 1. The van der Waals surface area contributed by atoms with E-state index in [1.54, 1.807) is 50.2 Å². The molecule has 0 amide bonds. The Morgan fingerprint density at radius 1 is 1.18 bits per heavy atom. The van der Waals surface area contributed by atoms with Crippen molar-refractivity contribution < 1.29 is 23.0 Å². The van der Waals surface area contributed by atoms with E-state index >= 15 is 0 Å². The Kier molecular flexibility index (Phi) is 7.40. The lowest BCUT2D eigenvalue weighted by Gasteiger charge is -2.20. The van der Waals surface area contributed by atoms with Crippen molar-refractivity contribution in [2.45, 2.75) is 36.8 Å². The van der Waals surface area contributed by atoms with E-state index in [-0.39, 0.29) is 17.3 Å². The molecular formula is C25H24ClF2NO3S. The minimum absolute atomic E-state index is 0.279. The van der Waals surface area contributed by atoms with Gasteiger partial charge in [0.2, 0.25) is 6.10 Å². The quantitative estimate of drug-likeness (QED) is 0.209. The van der Waals surface area contributed by atoms with Gasteiger partial charge >= 0.3 is 11.2 Å². The third kappa shape index (κ3) is 5.69. The van der Waals surface area contributed by atoms with Crippen LogP contribution in [0.15, 0.2) is 66.7 Å². The number of nitriles is 1. The van der Waals surface area contributed by atoms with Gasteiger partial charge in [-0.2, -0.15) is 14.0 Å². The molecule has 2 aromatic rings. The predicted octanol–water partition coefficient (Wildman–Crippen LogP) is 7.33. The number of nitrogens with zero attached hydrogens (tertiary/aromatic N) is 1. The van der Waals surface area contributed by atoms with Gasteiger partial charge in [0.25, 0.3) is 0 Å². The number of para-hydroxylation sites is 1. The lowest BCUT2D eigenvalue weighted by molar-refractivity contribution is -0.149. The van der Waals surface area contributed by atoms with Crippen molar-refractivity contribution in [2.75, 3.05) is 0 Å². The first-order valence-electron chi connectivity index (χ1n) is 10.3. The van der Waals surface area contributed by atoms with E-state index in [0.29, 0.717) is 17.1 Å². The normalized spacial score (nSPS) is 20.8. The fourth-order valence-electron chi connectivity index (χ4n) is 3.91. The minimum Gasteiger partial charge on any atom is -0.457 e. The molecule has 0 saturated heterocycles. The molecule has 0 heterocycles. The van der Waals surface area contributed by atoms with Crippen LogP contribution in [0.2, 0.25) is 0 Å². The molecule has 1 saturated carbocycles. The van der Waals surface area contributed by atoms with E-state index in [1.807, 2.05) is 24.3 Å². The Morgan fingerprint density at radius 3 is 2.42 bits per heavy atom. The molecule has 0 aliphatic heterocycles. The number of ether oxygens (including phenoxy) is 2. The molecule has 4 atom stereocenters. The third-order valence-electron chi connectivity index (χ3n) is 5.63. The number of carbonyl (C=O) groups is 1. The van der Waals surface area contributed by atoms with Crippen molar-refractivity contribution in [3.8, 4) is 17.6 Å².